The van der Waals surface area contributed by atoms with Crippen LogP contribution in [0, 0.1) is 0 Å². The fraction of sp³-hybridized carbons (Fsp3) is 0.250. The van der Waals surface area contributed by atoms with Gasteiger partial charge in [-0.15, -0.1) is 0 Å². The molecule has 0 radical (unpaired) electrons. The summed E-state index contributed by atoms with van der Waals surface area (Å²) in [7, 11) is 0. The van der Waals surface area contributed by atoms with Crippen molar-refractivity contribution in [2.45, 2.75) is 18.9 Å². The molecule has 0 bridgehead atoms. The quantitative estimate of drug-likeness (QED) is 0.813. The van der Waals surface area contributed by atoms with E-state index in [2.05, 4.69) is 29.6 Å². The van der Waals surface area contributed by atoms with Crippen LogP contribution in [0.15, 0.2) is 42.5 Å². The molecule has 1 nitrogen and oxygen atoms in total. The summed E-state index contributed by atoms with van der Waals surface area (Å²) in [6.07, 6.45) is 2.48. The number of halogens is 2. The first-order valence-electron chi connectivity index (χ1n) is 6.53. The average molecular weight is 292 g/mol. The fourth-order valence-electron chi connectivity index (χ4n) is 2.58. The second-order valence-electron chi connectivity index (χ2n) is 4.90. The van der Waals surface area contributed by atoms with E-state index in [1.807, 2.05) is 18.2 Å². The summed E-state index contributed by atoms with van der Waals surface area (Å²) < 4.78 is 0. The predicted molar refractivity (Wildman–Crippen MR) is 81.9 cm³/mol. The minimum atomic E-state index is 0.504. The summed E-state index contributed by atoms with van der Waals surface area (Å²) in [5, 5.41) is 4.95. The monoisotopic (exact) mass is 291 g/mol. The molecule has 0 saturated carbocycles. The van der Waals surface area contributed by atoms with Crippen LogP contribution >= 0.6 is 23.2 Å². The van der Waals surface area contributed by atoms with Gasteiger partial charge in [-0.3, -0.25) is 0 Å². The van der Waals surface area contributed by atoms with Crippen LogP contribution in [-0.2, 0) is 0 Å². The van der Waals surface area contributed by atoms with Crippen molar-refractivity contribution in [1.82, 2.24) is 5.32 Å². The van der Waals surface area contributed by atoms with E-state index in [4.69, 9.17) is 23.2 Å². The molecule has 3 heteroatoms. The average Bonchev–Trinajstić information content (AvgIpc) is 2.96. The zero-order chi connectivity index (χ0) is 13.2. The highest BCUT2D eigenvalue weighted by atomic mass is 35.5. The third-order valence-electron chi connectivity index (χ3n) is 3.61. The maximum Gasteiger partial charge on any atom is 0.0485 e. The number of nitrogens with one attached hydrogen (secondary N) is 1. The molecule has 2 aromatic carbocycles. The van der Waals surface area contributed by atoms with Crippen molar-refractivity contribution in [2.24, 2.45) is 0 Å². The SMILES string of the molecule is Clc1ccc(Cl)c(-c2ccc(C3CCCN3)cc2)c1. The largest absolute Gasteiger partial charge is 0.310 e. The lowest BCUT2D eigenvalue weighted by atomic mass is 10.00. The molecule has 1 unspecified atom stereocenters. The second-order valence-corrected chi connectivity index (χ2v) is 5.74. The standard InChI is InChI=1S/C16H15Cl2N/c17-13-7-8-15(18)14(10-13)11-3-5-12(6-4-11)16-2-1-9-19-16/h3-8,10,16,19H,1-2,9H2. The summed E-state index contributed by atoms with van der Waals surface area (Å²) >= 11 is 12.3. The van der Waals surface area contributed by atoms with Crippen molar-refractivity contribution in [1.29, 1.82) is 0 Å². The number of rotatable bonds is 2. The van der Waals surface area contributed by atoms with Gasteiger partial charge in [-0.05, 0) is 48.7 Å². The molecule has 98 valence electrons. The molecule has 1 aliphatic heterocycles. The van der Waals surface area contributed by atoms with Crippen molar-refractivity contribution in [3.8, 4) is 11.1 Å². The Morgan fingerprint density at radius 3 is 2.47 bits per heavy atom. The van der Waals surface area contributed by atoms with Gasteiger partial charge in [0.15, 0.2) is 0 Å². The first-order chi connectivity index (χ1) is 9.24. The highest BCUT2D eigenvalue weighted by molar-refractivity contribution is 6.35. The van der Waals surface area contributed by atoms with Crippen LogP contribution in [0.3, 0.4) is 0 Å². The highest BCUT2D eigenvalue weighted by Gasteiger charge is 2.15. The van der Waals surface area contributed by atoms with Crippen LogP contribution in [0.1, 0.15) is 24.4 Å². The second kappa shape index (κ2) is 5.54. The Labute approximate surface area is 123 Å². The van der Waals surface area contributed by atoms with Gasteiger partial charge in [0.1, 0.15) is 0 Å². The Balaban J connectivity index is 1.91. The molecule has 1 aliphatic rings. The van der Waals surface area contributed by atoms with E-state index in [1.165, 1.54) is 18.4 Å². The number of benzene rings is 2. The van der Waals surface area contributed by atoms with Crippen LogP contribution in [0.5, 0.6) is 0 Å². The van der Waals surface area contributed by atoms with E-state index in [1.54, 1.807) is 0 Å². The van der Waals surface area contributed by atoms with Gasteiger partial charge in [-0.2, -0.15) is 0 Å². The molecule has 1 heterocycles. The molecule has 1 N–H and O–H groups in total. The Morgan fingerprint density at radius 2 is 1.79 bits per heavy atom. The maximum absolute atomic E-state index is 6.23. The molecule has 3 rings (SSSR count). The third kappa shape index (κ3) is 2.79. The lowest BCUT2D eigenvalue weighted by Gasteiger charge is -2.12. The van der Waals surface area contributed by atoms with Crippen LogP contribution in [0.4, 0.5) is 0 Å². The van der Waals surface area contributed by atoms with Gasteiger partial charge in [0.2, 0.25) is 0 Å². The minimum Gasteiger partial charge on any atom is -0.310 e. The fourth-order valence-corrected chi connectivity index (χ4v) is 2.98. The van der Waals surface area contributed by atoms with Crippen molar-refractivity contribution in [3.05, 3.63) is 58.1 Å². The minimum absolute atomic E-state index is 0.504. The summed E-state index contributed by atoms with van der Waals surface area (Å²) in [6.45, 7) is 1.12. The van der Waals surface area contributed by atoms with Gasteiger partial charge in [-0.25, -0.2) is 0 Å². The Kier molecular flexibility index (Phi) is 3.79. The van der Waals surface area contributed by atoms with Crippen molar-refractivity contribution in [3.63, 3.8) is 0 Å². The Bertz CT molecular complexity index is 572. The van der Waals surface area contributed by atoms with Gasteiger partial charge >= 0.3 is 0 Å². The predicted octanol–water partition coefficient (Wildman–Crippen LogP) is 5.08. The Hall–Kier alpha value is -1.02. The first-order valence-corrected chi connectivity index (χ1v) is 7.28. The smallest absolute Gasteiger partial charge is 0.0485 e. The lowest BCUT2D eigenvalue weighted by molar-refractivity contribution is 0.648. The molecule has 0 aromatic heterocycles. The van der Waals surface area contributed by atoms with Crippen LogP contribution in [0.2, 0.25) is 10.0 Å². The van der Waals surface area contributed by atoms with Crippen LogP contribution in [-0.4, -0.2) is 6.54 Å². The molecule has 1 fully saturated rings. The summed E-state index contributed by atoms with van der Waals surface area (Å²) in [4.78, 5) is 0. The maximum atomic E-state index is 6.23. The zero-order valence-electron chi connectivity index (χ0n) is 10.5. The van der Waals surface area contributed by atoms with Gasteiger partial charge in [0.25, 0.3) is 0 Å². The van der Waals surface area contributed by atoms with Gasteiger partial charge in [0.05, 0.1) is 0 Å². The normalized spacial score (nSPS) is 18.7. The van der Waals surface area contributed by atoms with Gasteiger partial charge in [0, 0.05) is 21.7 Å². The summed E-state index contributed by atoms with van der Waals surface area (Å²) in [6, 6.07) is 14.6. The summed E-state index contributed by atoms with van der Waals surface area (Å²) in [5.74, 6) is 0. The molecule has 19 heavy (non-hydrogen) atoms. The molecule has 0 amide bonds. The van der Waals surface area contributed by atoms with E-state index < -0.39 is 0 Å². The van der Waals surface area contributed by atoms with Crippen molar-refractivity contribution in [2.75, 3.05) is 6.54 Å². The van der Waals surface area contributed by atoms with E-state index >= 15 is 0 Å². The topological polar surface area (TPSA) is 12.0 Å². The van der Waals surface area contributed by atoms with E-state index in [0.29, 0.717) is 11.1 Å². The van der Waals surface area contributed by atoms with Gasteiger partial charge in [-0.1, -0.05) is 47.5 Å². The molecular formula is C16H15Cl2N. The van der Waals surface area contributed by atoms with Crippen molar-refractivity contribution >= 4 is 23.2 Å². The van der Waals surface area contributed by atoms with Crippen LogP contribution in [0.25, 0.3) is 11.1 Å². The lowest BCUT2D eigenvalue weighted by Crippen LogP contribution is -2.12. The molecule has 1 atom stereocenters. The molecule has 0 aliphatic carbocycles. The first kappa shape index (κ1) is 13.0. The highest BCUT2D eigenvalue weighted by Crippen LogP contribution is 2.32. The number of hydrogen-bond acceptors (Lipinski definition) is 1. The van der Waals surface area contributed by atoms with Gasteiger partial charge < -0.3 is 5.32 Å². The zero-order valence-corrected chi connectivity index (χ0v) is 12.0. The van der Waals surface area contributed by atoms with E-state index in [9.17, 15) is 0 Å². The Morgan fingerprint density at radius 1 is 1.00 bits per heavy atom. The molecule has 2 aromatic rings. The third-order valence-corrected chi connectivity index (χ3v) is 4.18. The molecule has 0 spiro atoms. The van der Waals surface area contributed by atoms with E-state index in [0.717, 1.165) is 22.7 Å². The van der Waals surface area contributed by atoms with Crippen LogP contribution < -0.4 is 5.32 Å². The molecule has 1 saturated heterocycles. The molecular weight excluding hydrogens is 277 g/mol. The summed E-state index contributed by atoms with van der Waals surface area (Å²) in [5.41, 5.74) is 3.44. The van der Waals surface area contributed by atoms with Crippen molar-refractivity contribution < 1.29 is 0 Å². The van der Waals surface area contributed by atoms with E-state index in [-0.39, 0.29) is 0 Å². The number of hydrogen-bond donors (Lipinski definition) is 1.